The summed E-state index contributed by atoms with van der Waals surface area (Å²) in [6.45, 7) is 4.21. The average molecular weight is 771 g/mol. The van der Waals surface area contributed by atoms with Crippen LogP contribution < -0.4 is 0 Å². The van der Waals surface area contributed by atoms with Crippen LogP contribution in [0.4, 0.5) is 0 Å². The third-order valence-electron chi connectivity index (χ3n) is 8.44. The van der Waals surface area contributed by atoms with Crippen LogP contribution in [0.3, 0.4) is 0 Å². The highest BCUT2D eigenvalue weighted by atomic mass is 31.2. The number of carbonyl (C=O) groups excluding carboxylic acids is 2. The number of aliphatic hydroxyl groups excluding tert-OH is 1. The first-order valence-corrected chi connectivity index (χ1v) is 22.0. The molecule has 11 heteroatoms. The molecular weight excluding hydrogens is 693 g/mol. The Balaban J connectivity index is 4.55. The molecule has 10 nitrogen and oxygen atoms in total. The van der Waals surface area contributed by atoms with E-state index in [1.807, 2.05) is 57.6 Å². The van der Waals surface area contributed by atoms with Gasteiger partial charge in [-0.1, -0.05) is 140 Å². The summed E-state index contributed by atoms with van der Waals surface area (Å²) in [4.78, 5) is 35.2. The van der Waals surface area contributed by atoms with Crippen molar-refractivity contribution >= 4 is 19.8 Å². The topological polar surface area (TPSA) is 129 Å². The minimum absolute atomic E-state index is 0.0128. The van der Waals surface area contributed by atoms with Gasteiger partial charge >= 0.3 is 19.8 Å². The number of hydrogen-bond donors (Lipinski definition) is 2. The van der Waals surface area contributed by atoms with Crippen LogP contribution in [0.25, 0.3) is 0 Å². The van der Waals surface area contributed by atoms with E-state index in [0.29, 0.717) is 36.7 Å². The lowest BCUT2D eigenvalue weighted by molar-refractivity contribution is -0.870. The number of quaternary nitrogens is 1. The summed E-state index contributed by atoms with van der Waals surface area (Å²) in [5.41, 5.74) is 0. The summed E-state index contributed by atoms with van der Waals surface area (Å²) in [6, 6.07) is 0. The maximum atomic E-state index is 12.6. The van der Waals surface area contributed by atoms with E-state index in [1.54, 1.807) is 6.08 Å². The number of nitrogens with zero attached hydrogens (tertiary/aromatic N) is 1. The molecule has 3 atom stereocenters. The molecule has 0 aromatic rings. The second-order valence-electron chi connectivity index (χ2n) is 14.9. The molecule has 1 unspecified atom stereocenters. The molecule has 0 heterocycles. The molecule has 0 saturated carbocycles. The number of aliphatic hydroxyl groups is 1. The van der Waals surface area contributed by atoms with Crippen LogP contribution in [-0.2, 0) is 32.7 Å². The maximum Gasteiger partial charge on any atom is 0.472 e. The van der Waals surface area contributed by atoms with E-state index >= 15 is 0 Å². The van der Waals surface area contributed by atoms with Gasteiger partial charge in [-0.15, -0.1) is 0 Å². The zero-order valence-electron chi connectivity index (χ0n) is 34.1. The first-order chi connectivity index (χ1) is 25.4. The minimum atomic E-state index is -4.39. The lowest BCUT2D eigenvalue weighted by atomic mass is 10.1. The lowest BCUT2D eigenvalue weighted by Crippen LogP contribution is -2.37. The van der Waals surface area contributed by atoms with Crippen LogP contribution in [0.15, 0.2) is 48.6 Å². The van der Waals surface area contributed by atoms with Gasteiger partial charge < -0.3 is 24.0 Å². The van der Waals surface area contributed by atoms with Gasteiger partial charge in [0.1, 0.15) is 19.8 Å². The van der Waals surface area contributed by atoms with Gasteiger partial charge in [0.15, 0.2) is 6.10 Å². The number of hydrogen-bond acceptors (Lipinski definition) is 8. The molecule has 0 rings (SSSR count). The molecule has 0 amide bonds. The summed E-state index contributed by atoms with van der Waals surface area (Å²) in [7, 11) is 1.41. The van der Waals surface area contributed by atoms with Crippen LogP contribution in [-0.4, -0.2) is 86.1 Å². The molecule has 0 aliphatic rings. The van der Waals surface area contributed by atoms with Gasteiger partial charge in [-0.3, -0.25) is 18.6 Å². The van der Waals surface area contributed by atoms with Crippen LogP contribution in [0.5, 0.6) is 0 Å². The maximum absolute atomic E-state index is 12.6. The summed E-state index contributed by atoms with van der Waals surface area (Å²) in [5, 5.41) is 10.0. The highest BCUT2D eigenvalue weighted by Gasteiger charge is 2.27. The molecule has 0 aliphatic heterocycles. The van der Waals surface area contributed by atoms with Crippen molar-refractivity contribution in [3.8, 4) is 0 Å². The quantitative estimate of drug-likeness (QED) is 0.0160. The Kier molecular flexibility index (Phi) is 33.1. The van der Waals surface area contributed by atoms with E-state index in [4.69, 9.17) is 18.5 Å². The fourth-order valence-electron chi connectivity index (χ4n) is 5.15. The molecule has 0 aliphatic carbocycles. The molecule has 0 spiro atoms. The number of ether oxygens (including phenoxy) is 2. The van der Waals surface area contributed by atoms with E-state index in [1.165, 1.54) is 64.2 Å². The third kappa shape index (κ3) is 38.0. The largest absolute Gasteiger partial charge is 0.472 e. The predicted octanol–water partition coefficient (Wildman–Crippen LogP) is 10.1. The van der Waals surface area contributed by atoms with Gasteiger partial charge in [0.05, 0.1) is 33.9 Å². The number of carbonyl (C=O) groups is 2. The molecule has 0 saturated heterocycles. The predicted molar refractivity (Wildman–Crippen MR) is 216 cm³/mol. The van der Waals surface area contributed by atoms with Crippen molar-refractivity contribution in [1.29, 1.82) is 0 Å². The van der Waals surface area contributed by atoms with Gasteiger partial charge in [0.25, 0.3) is 0 Å². The number of esters is 2. The van der Waals surface area contributed by atoms with Crippen LogP contribution >= 0.6 is 7.82 Å². The summed E-state index contributed by atoms with van der Waals surface area (Å²) >= 11 is 0. The van der Waals surface area contributed by atoms with Crippen molar-refractivity contribution in [1.82, 2.24) is 0 Å². The molecular formula is C42H77NO9P+. The molecule has 0 aromatic heterocycles. The lowest BCUT2D eigenvalue weighted by Gasteiger charge is -2.24. The fourth-order valence-corrected chi connectivity index (χ4v) is 5.89. The Labute approximate surface area is 323 Å². The van der Waals surface area contributed by atoms with Crippen LogP contribution in [0.1, 0.15) is 149 Å². The molecule has 308 valence electrons. The Morgan fingerprint density at radius 3 is 1.92 bits per heavy atom. The first-order valence-electron chi connectivity index (χ1n) is 20.5. The van der Waals surface area contributed by atoms with E-state index in [2.05, 4.69) is 19.9 Å². The number of rotatable bonds is 36. The SMILES string of the molecule is CCCCC/C=C\C[C@@H](O)/C=C/C=C\C/C=C\CCCC(=O)OC[C@H](COP(=O)(O)OCC[N+](C)(C)C)OC(=O)CCCCCCCCCCCCC. The Morgan fingerprint density at radius 1 is 0.679 bits per heavy atom. The Bertz CT molecular complexity index is 1070. The molecule has 0 radical (unpaired) electrons. The van der Waals surface area contributed by atoms with Crippen molar-refractivity contribution in [2.45, 2.75) is 161 Å². The van der Waals surface area contributed by atoms with Gasteiger partial charge in [0, 0.05) is 12.8 Å². The zero-order chi connectivity index (χ0) is 39.5. The molecule has 53 heavy (non-hydrogen) atoms. The summed E-state index contributed by atoms with van der Waals surface area (Å²) < 4.78 is 34.1. The second kappa shape index (κ2) is 34.4. The van der Waals surface area contributed by atoms with Gasteiger partial charge in [-0.25, -0.2) is 4.57 Å². The van der Waals surface area contributed by atoms with Gasteiger partial charge in [-0.05, 0) is 44.9 Å². The normalized spacial score (nSPS) is 14.8. The molecule has 0 fully saturated rings. The summed E-state index contributed by atoms with van der Waals surface area (Å²) in [6.07, 6.45) is 34.8. The number of unbranched alkanes of at least 4 members (excludes halogenated alkanes) is 14. The third-order valence-corrected chi connectivity index (χ3v) is 9.43. The summed E-state index contributed by atoms with van der Waals surface area (Å²) in [5.74, 6) is -0.906. The zero-order valence-corrected chi connectivity index (χ0v) is 35.0. The monoisotopic (exact) mass is 771 g/mol. The number of likely N-dealkylation sites (N-methyl/N-ethyl adjacent to an activating group) is 1. The Morgan fingerprint density at radius 2 is 1.26 bits per heavy atom. The second-order valence-corrected chi connectivity index (χ2v) is 16.3. The standard InChI is InChI=1S/C42H76NO9P/c1-6-8-10-12-14-15-16-17-22-26-30-34-42(46)52-40(38-51-53(47,48)50-36-35-43(3,4)5)37-49-41(45)33-29-25-21-19-18-20-24-28-32-39(44)31-27-23-13-11-9-7-2/h19-21,23-24,27-28,32,39-40,44H,6-18,22,25-26,29-31,33-38H2,1-5H3/p+1/b21-19-,24-20-,27-23-,32-28+/t39-,40-/m1/s1. The van der Waals surface area contributed by atoms with Crippen molar-refractivity contribution in [3.05, 3.63) is 48.6 Å². The highest BCUT2D eigenvalue weighted by molar-refractivity contribution is 7.47. The number of allylic oxidation sites excluding steroid dienone is 6. The molecule has 0 bridgehead atoms. The molecule has 0 aromatic carbocycles. The van der Waals surface area contributed by atoms with E-state index in [-0.39, 0.29) is 26.1 Å². The first kappa shape index (κ1) is 50.9. The van der Waals surface area contributed by atoms with Crippen molar-refractivity contribution in [2.24, 2.45) is 0 Å². The van der Waals surface area contributed by atoms with Gasteiger partial charge in [-0.2, -0.15) is 0 Å². The van der Waals surface area contributed by atoms with Crippen LogP contribution in [0, 0.1) is 0 Å². The van der Waals surface area contributed by atoms with Crippen molar-refractivity contribution in [2.75, 3.05) is 47.5 Å². The molecule has 2 N–H and O–H groups in total. The number of phosphoric ester groups is 1. The Hall–Kier alpha value is -2.07. The fraction of sp³-hybridized carbons (Fsp3) is 0.762. The van der Waals surface area contributed by atoms with Crippen LogP contribution in [0.2, 0.25) is 0 Å². The number of phosphoric acid groups is 1. The van der Waals surface area contributed by atoms with Gasteiger partial charge in [0.2, 0.25) is 0 Å². The minimum Gasteiger partial charge on any atom is -0.462 e. The highest BCUT2D eigenvalue weighted by Crippen LogP contribution is 2.43. The van der Waals surface area contributed by atoms with E-state index in [0.717, 1.165) is 32.1 Å². The van der Waals surface area contributed by atoms with E-state index < -0.39 is 38.6 Å². The van der Waals surface area contributed by atoms with E-state index in [9.17, 15) is 24.2 Å². The average Bonchev–Trinajstić information content (AvgIpc) is 3.10. The van der Waals surface area contributed by atoms with Crippen molar-refractivity contribution < 1.29 is 47.2 Å². The smallest absolute Gasteiger partial charge is 0.462 e. The van der Waals surface area contributed by atoms with Crippen molar-refractivity contribution in [3.63, 3.8) is 0 Å².